The lowest BCUT2D eigenvalue weighted by Crippen LogP contribution is -2.38. The number of benzene rings is 3. The number of amides is 1. The van der Waals surface area contributed by atoms with Crippen LogP contribution in [-0.4, -0.2) is 65.3 Å². The van der Waals surface area contributed by atoms with Gasteiger partial charge < -0.3 is 28.7 Å². The van der Waals surface area contributed by atoms with Crippen LogP contribution in [0.4, 0.5) is 5.69 Å². The highest BCUT2D eigenvalue weighted by Gasteiger charge is 2.35. The molecule has 1 aliphatic heterocycles. The fourth-order valence-electron chi connectivity index (χ4n) is 4.94. The van der Waals surface area contributed by atoms with Gasteiger partial charge in [-0.2, -0.15) is 0 Å². The first-order chi connectivity index (χ1) is 20.3. The summed E-state index contributed by atoms with van der Waals surface area (Å²) in [5.41, 5.74) is 1.92. The molecule has 0 bridgehead atoms. The number of methoxy groups -OCH3 is 3. The summed E-state index contributed by atoms with van der Waals surface area (Å²) in [6.07, 6.45) is 5.15. The normalized spacial score (nSPS) is 14.8. The van der Waals surface area contributed by atoms with Crippen LogP contribution in [0.5, 0.6) is 11.5 Å². The van der Waals surface area contributed by atoms with Crippen LogP contribution in [0.25, 0.3) is 10.8 Å². The number of halogens is 1. The van der Waals surface area contributed by atoms with E-state index in [0.29, 0.717) is 42.3 Å². The number of ether oxygens (including phenoxy) is 4. The summed E-state index contributed by atoms with van der Waals surface area (Å²) in [7, 11) is 8.60. The van der Waals surface area contributed by atoms with Crippen molar-refractivity contribution in [2.75, 3.05) is 53.4 Å². The number of hydrogen-bond donors (Lipinski definition) is 0. The first-order valence-electron chi connectivity index (χ1n) is 13.6. The van der Waals surface area contributed by atoms with Crippen molar-refractivity contribution in [3.63, 3.8) is 0 Å². The van der Waals surface area contributed by atoms with Gasteiger partial charge in [-0.1, -0.05) is 48.2 Å². The SMILES string of the molecule is COC1=CC=C(C2=C(OC(=O)c3ccc(OC)c(OC)c3)C(=O)N(CCN(C)C)c3ccc4ccccc4c3S2)CC1.Cl. The fraction of sp³-hybridized carbons (Fsp3) is 0.273. The van der Waals surface area contributed by atoms with Crippen molar-refractivity contribution >= 4 is 52.5 Å². The fourth-order valence-corrected chi connectivity index (χ4v) is 6.25. The highest BCUT2D eigenvalue weighted by molar-refractivity contribution is 8.03. The van der Waals surface area contributed by atoms with Gasteiger partial charge in [0.1, 0.15) is 0 Å². The second-order valence-electron chi connectivity index (χ2n) is 10.1. The summed E-state index contributed by atoms with van der Waals surface area (Å²) in [6, 6.07) is 16.9. The summed E-state index contributed by atoms with van der Waals surface area (Å²) < 4.78 is 22.2. The molecule has 0 unspecified atom stereocenters. The molecule has 1 amide bonds. The van der Waals surface area contributed by atoms with Gasteiger partial charge in [-0.25, -0.2) is 4.79 Å². The molecule has 0 atom stereocenters. The summed E-state index contributed by atoms with van der Waals surface area (Å²) >= 11 is 1.47. The zero-order chi connectivity index (χ0) is 29.8. The van der Waals surface area contributed by atoms with E-state index in [2.05, 4.69) is 12.1 Å². The highest BCUT2D eigenvalue weighted by atomic mass is 35.5. The van der Waals surface area contributed by atoms with Gasteiger partial charge in [0.2, 0.25) is 5.76 Å². The minimum absolute atomic E-state index is 0. The Morgan fingerprint density at radius 1 is 0.930 bits per heavy atom. The van der Waals surface area contributed by atoms with Crippen LogP contribution >= 0.6 is 24.2 Å². The maximum Gasteiger partial charge on any atom is 0.343 e. The molecule has 1 aliphatic carbocycles. The third-order valence-electron chi connectivity index (χ3n) is 7.25. The largest absolute Gasteiger partial charge is 0.501 e. The average molecular weight is 623 g/mol. The van der Waals surface area contributed by atoms with Gasteiger partial charge in [0, 0.05) is 24.4 Å². The minimum Gasteiger partial charge on any atom is -0.501 e. The number of thioether (sulfide) groups is 1. The average Bonchev–Trinajstić information content (AvgIpc) is 3.13. The molecule has 8 nitrogen and oxygen atoms in total. The maximum absolute atomic E-state index is 14.5. The number of rotatable bonds is 9. The Labute approximate surface area is 262 Å². The first kappa shape index (κ1) is 32.0. The number of esters is 1. The lowest BCUT2D eigenvalue weighted by molar-refractivity contribution is -0.117. The maximum atomic E-state index is 14.5. The van der Waals surface area contributed by atoms with E-state index in [0.717, 1.165) is 32.7 Å². The lowest BCUT2D eigenvalue weighted by atomic mass is 10.0. The van der Waals surface area contributed by atoms with Crippen LogP contribution in [0.15, 0.2) is 93.6 Å². The predicted molar refractivity (Wildman–Crippen MR) is 172 cm³/mol. The molecule has 3 aromatic rings. The number of hydrogen-bond acceptors (Lipinski definition) is 8. The quantitative estimate of drug-likeness (QED) is 0.247. The Morgan fingerprint density at radius 3 is 2.37 bits per heavy atom. The van der Waals surface area contributed by atoms with Crippen molar-refractivity contribution in [1.82, 2.24) is 4.90 Å². The Balaban J connectivity index is 0.00000423. The molecule has 43 heavy (non-hydrogen) atoms. The number of fused-ring (bicyclic) bond motifs is 3. The second kappa shape index (κ2) is 14.0. The summed E-state index contributed by atoms with van der Waals surface area (Å²) in [4.78, 5) is 33.4. The van der Waals surface area contributed by atoms with Gasteiger partial charge in [0.15, 0.2) is 11.5 Å². The highest BCUT2D eigenvalue weighted by Crippen LogP contribution is 2.48. The van der Waals surface area contributed by atoms with Gasteiger partial charge in [-0.05, 0) is 67.2 Å². The molecular formula is C33H35ClN2O6S. The van der Waals surface area contributed by atoms with Crippen molar-refractivity contribution in [3.05, 3.63) is 94.3 Å². The monoisotopic (exact) mass is 622 g/mol. The third-order valence-corrected chi connectivity index (χ3v) is 8.53. The molecule has 0 radical (unpaired) electrons. The van der Waals surface area contributed by atoms with Crippen molar-refractivity contribution in [2.45, 2.75) is 17.7 Å². The lowest BCUT2D eigenvalue weighted by Gasteiger charge is -2.25. The molecule has 0 N–H and O–H groups in total. The van der Waals surface area contributed by atoms with Crippen molar-refractivity contribution in [3.8, 4) is 11.5 Å². The van der Waals surface area contributed by atoms with E-state index in [1.807, 2.05) is 55.4 Å². The van der Waals surface area contributed by atoms with Gasteiger partial charge in [0.25, 0.3) is 5.91 Å². The van der Waals surface area contributed by atoms with Crippen molar-refractivity contribution < 1.29 is 28.5 Å². The smallest absolute Gasteiger partial charge is 0.343 e. The third kappa shape index (κ3) is 6.69. The molecule has 3 aromatic carbocycles. The topological polar surface area (TPSA) is 77.5 Å². The zero-order valence-electron chi connectivity index (χ0n) is 24.8. The van der Waals surface area contributed by atoms with Crippen molar-refractivity contribution in [2.24, 2.45) is 0 Å². The number of likely N-dealkylation sites (N-methyl/N-ethyl adjacent to an activating group) is 1. The number of allylic oxidation sites excluding steroid dienone is 4. The van der Waals surface area contributed by atoms with Crippen LogP contribution in [0.2, 0.25) is 0 Å². The molecular weight excluding hydrogens is 588 g/mol. The van der Waals surface area contributed by atoms with Crippen LogP contribution in [0.1, 0.15) is 23.2 Å². The van der Waals surface area contributed by atoms with Gasteiger partial charge >= 0.3 is 5.97 Å². The zero-order valence-corrected chi connectivity index (χ0v) is 26.5. The number of carbonyl (C=O) groups excluding carboxylic acids is 2. The van der Waals surface area contributed by atoms with Crippen LogP contribution < -0.4 is 14.4 Å². The molecule has 5 rings (SSSR count). The molecule has 226 valence electrons. The van der Waals surface area contributed by atoms with Crippen molar-refractivity contribution in [1.29, 1.82) is 0 Å². The molecule has 0 fully saturated rings. The van der Waals surface area contributed by atoms with E-state index in [4.69, 9.17) is 18.9 Å². The van der Waals surface area contributed by atoms with Gasteiger partial charge in [-0.15, -0.1) is 12.4 Å². The molecule has 2 aliphatic rings. The Hall–Kier alpha value is -3.92. The minimum atomic E-state index is -0.662. The van der Waals surface area contributed by atoms with E-state index in [9.17, 15) is 9.59 Å². The molecule has 0 aromatic heterocycles. The Kier molecular flexibility index (Phi) is 10.4. The Bertz CT molecular complexity index is 1630. The van der Waals surface area contributed by atoms with Gasteiger partial charge in [0.05, 0.1) is 43.2 Å². The van der Waals surface area contributed by atoms with E-state index in [1.54, 1.807) is 30.2 Å². The van der Waals surface area contributed by atoms with Crippen LogP contribution in [-0.2, 0) is 14.3 Å². The number of nitrogens with zero attached hydrogens (tertiary/aromatic N) is 2. The molecule has 10 heteroatoms. The summed E-state index contributed by atoms with van der Waals surface area (Å²) in [5.74, 6) is 0.697. The molecule has 0 spiro atoms. The molecule has 0 saturated carbocycles. The number of carbonyl (C=O) groups is 2. The van der Waals surface area contributed by atoms with E-state index >= 15 is 0 Å². The molecule has 0 saturated heterocycles. The van der Waals surface area contributed by atoms with E-state index < -0.39 is 5.97 Å². The predicted octanol–water partition coefficient (Wildman–Crippen LogP) is 6.60. The van der Waals surface area contributed by atoms with E-state index in [-0.39, 0.29) is 29.6 Å². The van der Waals surface area contributed by atoms with Crippen LogP contribution in [0.3, 0.4) is 0 Å². The first-order valence-corrected chi connectivity index (χ1v) is 14.4. The standard InChI is InChI=1S/C33H34N2O6S.ClH/c1-34(2)18-19-35-26-16-12-21-8-6-7-9-25(21)31(26)42-30(22-10-14-24(38-3)15-11-22)29(32(35)36)41-33(37)23-13-17-27(39-4)28(20-23)40-5;/h6-10,12-14,16-17,20H,11,15,18-19H2,1-5H3;1H. The van der Waals surface area contributed by atoms with Gasteiger partial charge in [-0.3, -0.25) is 4.79 Å². The Morgan fingerprint density at radius 2 is 1.70 bits per heavy atom. The van der Waals surface area contributed by atoms with Crippen LogP contribution in [0, 0.1) is 0 Å². The van der Waals surface area contributed by atoms with E-state index in [1.165, 1.54) is 26.0 Å². The molecule has 1 heterocycles. The summed E-state index contributed by atoms with van der Waals surface area (Å²) in [5, 5.41) is 2.09. The second-order valence-corrected chi connectivity index (χ2v) is 11.2. The number of anilines is 1. The summed E-state index contributed by atoms with van der Waals surface area (Å²) in [6.45, 7) is 1.03.